The van der Waals surface area contributed by atoms with Gasteiger partial charge in [-0.25, -0.2) is 4.79 Å². The molecule has 1 aromatic rings. The molecule has 0 aromatic heterocycles. The second-order valence-corrected chi connectivity index (χ2v) is 7.23. The summed E-state index contributed by atoms with van der Waals surface area (Å²) in [4.78, 5) is 40.1. The summed E-state index contributed by atoms with van der Waals surface area (Å²) < 4.78 is 0. The van der Waals surface area contributed by atoms with Gasteiger partial charge in [-0.15, -0.1) is 0 Å². The van der Waals surface area contributed by atoms with Crippen LogP contribution < -0.4 is 4.90 Å². The molecule has 0 bridgehead atoms. The van der Waals surface area contributed by atoms with Crippen molar-refractivity contribution in [2.24, 2.45) is 0 Å². The number of hydrogen-bond acceptors (Lipinski definition) is 4. The topological polar surface area (TPSA) is 60.9 Å². The summed E-state index contributed by atoms with van der Waals surface area (Å²) in [5, 5.41) is 0. The normalized spacial score (nSPS) is 20.9. The summed E-state index contributed by atoms with van der Waals surface area (Å²) in [5.74, 6) is -1.18. The van der Waals surface area contributed by atoms with Crippen LogP contribution in [0.5, 0.6) is 0 Å². The molecule has 0 saturated carbocycles. The lowest BCUT2D eigenvalue weighted by Crippen LogP contribution is -2.52. The van der Waals surface area contributed by atoms with E-state index in [9.17, 15) is 14.4 Å². The Morgan fingerprint density at radius 2 is 1.37 bits per heavy atom. The molecule has 1 aromatic carbocycles. The van der Waals surface area contributed by atoms with Gasteiger partial charge in [0.15, 0.2) is 0 Å². The minimum atomic E-state index is -0.625. The lowest BCUT2D eigenvalue weighted by Gasteiger charge is -2.28. The number of imide groups is 2. The lowest BCUT2D eigenvalue weighted by molar-refractivity contribution is -0.134. The van der Waals surface area contributed by atoms with E-state index >= 15 is 0 Å². The number of carbonyl (C=O) groups is 3. The third kappa shape index (κ3) is 2.87. The fourth-order valence-electron chi connectivity index (χ4n) is 3.59. The standard InChI is InChI=1S/C21H23N3O3/c1-21(2)15-11-7-8-12-16(15)22(3)17(21)13-9-6-10-14-18(25)23(4)20(27)24(5)19(14)26/h6-13H,1-5H3/b9-6+,17-13+. The van der Waals surface area contributed by atoms with E-state index in [1.165, 1.54) is 31.4 Å². The van der Waals surface area contributed by atoms with Crippen LogP contribution in [0.25, 0.3) is 0 Å². The van der Waals surface area contributed by atoms with E-state index in [0.717, 1.165) is 15.5 Å². The SMILES string of the molecule is CN1C(=O)C(=C/C=C/C=C2/N(C)c3ccccc3C2(C)C)C(=O)N(C)C1=O. The largest absolute Gasteiger partial charge is 0.347 e. The monoisotopic (exact) mass is 365 g/mol. The molecule has 140 valence electrons. The van der Waals surface area contributed by atoms with Gasteiger partial charge in [-0.2, -0.15) is 0 Å². The Hall–Kier alpha value is -3.15. The number of likely N-dealkylation sites (N-methyl/N-ethyl adjacent to an activating group) is 3. The van der Waals surface area contributed by atoms with E-state index in [0.29, 0.717) is 0 Å². The first kappa shape index (κ1) is 18.6. The van der Waals surface area contributed by atoms with E-state index in [1.807, 2.05) is 31.3 Å². The number of carbonyl (C=O) groups excluding carboxylic acids is 3. The molecule has 4 amide bonds. The quantitative estimate of drug-likeness (QED) is 0.597. The molecule has 6 heteroatoms. The third-order valence-corrected chi connectivity index (χ3v) is 5.21. The fourth-order valence-corrected chi connectivity index (χ4v) is 3.59. The van der Waals surface area contributed by atoms with Crippen molar-refractivity contribution >= 4 is 23.5 Å². The van der Waals surface area contributed by atoms with Crippen LogP contribution >= 0.6 is 0 Å². The second-order valence-electron chi connectivity index (χ2n) is 7.23. The number of allylic oxidation sites excluding steroid dienone is 5. The van der Waals surface area contributed by atoms with Crippen molar-refractivity contribution in [2.45, 2.75) is 19.3 Å². The van der Waals surface area contributed by atoms with E-state index in [1.54, 1.807) is 6.08 Å². The average molecular weight is 365 g/mol. The Balaban J connectivity index is 1.87. The molecular formula is C21H23N3O3. The van der Waals surface area contributed by atoms with Crippen LogP contribution in [0.4, 0.5) is 10.5 Å². The molecule has 3 rings (SSSR count). The Kier molecular flexibility index (Phi) is 4.51. The van der Waals surface area contributed by atoms with Crippen LogP contribution in [0.15, 0.2) is 59.8 Å². The molecule has 0 unspecified atom stereocenters. The molecule has 0 atom stereocenters. The van der Waals surface area contributed by atoms with E-state index < -0.39 is 17.8 Å². The maximum atomic E-state index is 12.2. The smallest absolute Gasteiger partial charge is 0.333 e. The van der Waals surface area contributed by atoms with E-state index in [4.69, 9.17) is 0 Å². The lowest BCUT2D eigenvalue weighted by atomic mass is 9.84. The first-order valence-electron chi connectivity index (χ1n) is 8.70. The van der Waals surface area contributed by atoms with Crippen LogP contribution in [0.3, 0.4) is 0 Å². The first-order chi connectivity index (χ1) is 12.7. The zero-order valence-corrected chi connectivity index (χ0v) is 16.2. The summed E-state index contributed by atoms with van der Waals surface area (Å²) in [7, 11) is 4.75. The summed E-state index contributed by atoms with van der Waals surface area (Å²) in [5.41, 5.74) is 3.36. The number of barbiturate groups is 1. The number of hydrogen-bond donors (Lipinski definition) is 0. The van der Waals surface area contributed by atoms with Gasteiger partial charge < -0.3 is 4.90 Å². The molecule has 0 spiro atoms. The highest BCUT2D eigenvalue weighted by Gasteiger charge is 2.38. The van der Waals surface area contributed by atoms with Gasteiger partial charge in [-0.1, -0.05) is 44.2 Å². The van der Waals surface area contributed by atoms with Gasteiger partial charge in [0.25, 0.3) is 11.8 Å². The van der Waals surface area contributed by atoms with Crippen molar-refractivity contribution < 1.29 is 14.4 Å². The number of anilines is 1. The molecule has 6 nitrogen and oxygen atoms in total. The zero-order chi connectivity index (χ0) is 19.9. The van der Waals surface area contributed by atoms with E-state index in [-0.39, 0.29) is 11.0 Å². The molecule has 0 aliphatic carbocycles. The summed E-state index contributed by atoms with van der Waals surface area (Å²) in [6.07, 6.45) is 6.90. The number of rotatable bonds is 2. The summed E-state index contributed by atoms with van der Waals surface area (Å²) in [6.45, 7) is 4.33. The Bertz CT molecular complexity index is 898. The number of benzene rings is 1. The van der Waals surface area contributed by atoms with Crippen LogP contribution in [0.1, 0.15) is 19.4 Å². The highest BCUT2D eigenvalue weighted by Crippen LogP contribution is 2.46. The van der Waals surface area contributed by atoms with Gasteiger partial charge in [-0.05, 0) is 23.8 Å². The predicted octanol–water partition coefficient (Wildman–Crippen LogP) is 2.83. The maximum Gasteiger partial charge on any atom is 0.333 e. The number of fused-ring (bicyclic) bond motifs is 1. The van der Waals surface area contributed by atoms with Gasteiger partial charge in [0, 0.05) is 37.9 Å². The number of amides is 4. The van der Waals surface area contributed by atoms with Gasteiger partial charge in [0.2, 0.25) is 0 Å². The van der Waals surface area contributed by atoms with E-state index in [2.05, 4.69) is 30.9 Å². The molecular weight excluding hydrogens is 342 g/mol. The predicted molar refractivity (Wildman–Crippen MR) is 104 cm³/mol. The van der Waals surface area contributed by atoms with Crippen molar-refractivity contribution in [3.8, 4) is 0 Å². The Morgan fingerprint density at radius 1 is 0.815 bits per heavy atom. The van der Waals surface area contributed by atoms with Gasteiger partial charge in [0.1, 0.15) is 5.57 Å². The Labute approximate surface area is 159 Å². The molecule has 0 N–H and O–H groups in total. The summed E-state index contributed by atoms with van der Waals surface area (Å²) in [6, 6.07) is 7.64. The highest BCUT2D eigenvalue weighted by atomic mass is 16.2. The molecule has 1 saturated heterocycles. The minimum absolute atomic E-state index is 0.0310. The third-order valence-electron chi connectivity index (χ3n) is 5.21. The van der Waals surface area contributed by atoms with Crippen LogP contribution in [-0.2, 0) is 15.0 Å². The molecule has 2 heterocycles. The fraction of sp³-hybridized carbons (Fsp3) is 0.286. The van der Waals surface area contributed by atoms with Crippen LogP contribution in [0.2, 0.25) is 0 Å². The number of para-hydroxylation sites is 1. The number of urea groups is 1. The van der Waals surface area contributed by atoms with Crippen molar-refractivity contribution in [3.63, 3.8) is 0 Å². The average Bonchev–Trinajstić information content (AvgIpc) is 2.84. The molecule has 2 aliphatic rings. The van der Waals surface area contributed by atoms with Gasteiger partial charge in [-0.3, -0.25) is 19.4 Å². The van der Waals surface area contributed by atoms with Gasteiger partial charge >= 0.3 is 6.03 Å². The minimum Gasteiger partial charge on any atom is -0.347 e. The molecule has 1 fully saturated rings. The van der Waals surface area contributed by atoms with Crippen LogP contribution in [-0.4, -0.2) is 48.8 Å². The zero-order valence-electron chi connectivity index (χ0n) is 16.2. The molecule has 27 heavy (non-hydrogen) atoms. The molecule has 2 aliphatic heterocycles. The first-order valence-corrected chi connectivity index (χ1v) is 8.70. The second kappa shape index (κ2) is 6.54. The maximum absolute atomic E-state index is 12.2. The highest BCUT2D eigenvalue weighted by molar-refractivity contribution is 6.28. The Morgan fingerprint density at radius 3 is 1.96 bits per heavy atom. The van der Waals surface area contributed by atoms with Gasteiger partial charge in [0.05, 0.1) is 0 Å². The van der Waals surface area contributed by atoms with Crippen LogP contribution in [0, 0.1) is 0 Å². The van der Waals surface area contributed by atoms with Crippen molar-refractivity contribution in [2.75, 3.05) is 26.0 Å². The van der Waals surface area contributed by atoms with Crippen molar-refractivity contribution in [1.29, 1.82) is 0 Å². The van der Waals surface area contributed by atoms with Crippen molar-refractivity contribution in [3.05, 3.63) is 65.4 Å². The van der Waals surface area contributed by atoms with Crippen molar-refractivity contribution in [1.82, 2.24) is 9.80 Å². The molecule has 0 radical (unpaired) electrons. The summed E-state index contributed by atoms with van der Waals surface area (Å²) >= 11 is 0. The number of nitrogens with zero attached hydrogens (tertiary/aromatic N) is 3.